The molecule has 4 aromatic rings. The lowest BCUT2D eigenvalue weighted by Crippen LogP contribution is -2.25. The summed E-state index contributed by atoms with van der Waals surface area (Å²) in [6, 6.07) is 14.2. The van der Waals surface area contributed by atoms with E-state index in [9.17, 15) is 14.0 Å². The highest BCUT2D eigenvalue weighted by Gasteiger charge is 2.21. The summed E-state index contributed by atoms with van der Waals surface area (Å²) in [4.78, 5) is 30.8. The zero-order chi connectivity index (χ0) is 24.6. The summed E-state index contributed by atoms with van der Waals surface area (Å²) >= 11 is 1.12. The highest BCUT2D eigenvalue weighted by Crippen LogP contribution is 2.36. The highest BCUT2D eigenvalue weighted by atomic mass is 32.2. The van der Waals surface area contributed by atoms with Crippen molar-refractivity contribution >= 4 is 34.3 Å². The molecule has 0 spiro atoms. The largest absolute Gasteiger partial charge is 0.454 e. The second-order valence-electron chi connectivity index (χ2n) is 8.04. The van der Waals surface area contributed by atoms with E-state index in [0.29, 0.717) is 44.7 Å². The van der Waals surface area contributed by atoms with Crippen molar-refractivity contribution in [2.24, 2.45) is 0 Å². The van der Waals surface area contributed by atoms with Crippen LogP contribution in [0.15, 0.2) is 64.5 Å². The predicted molar refractivity (Wildman–Crippen MR) is 130 cm³/mol. The van der Waals surface area contributed by atoms with E-state index in [1.807, 2.05) is 12.1 Å². The van der Waals surface area contributed by atoms with E-state index in [1.165, 1.54) is 28.8 Å². The number of amides is 1. The summed E-state index contributed by atoms with van der Waals surface area (Å²) in [5.74, 6) is 1.51. The normalized spacial score (nSPS) is 13.2. The van der Waals surface area contributed by atoms with E-state index in [2.05, 4.69) is 10.3 Å². The van der Waals surface area contributed by atoms with Gasteiger partial charge in [-0.15, -0.1) is 0 Å². The molecular weight excluding hydrogens is 489 g/mol. The second kappa shape index (κ2) is 9.08. The van der Waals surface area contributed by atoms with Crippen LogP contribution in [-0.2, 0) is 11.3 Å². The van der Waals surface area contributed by atoms with Gasteiger partial charge in [-0.25, -0.2) is 9.37 Å². The minimum absolute atomic E-state index is 0.0129. The first kappa shape index (κ1) is 22.2. The average Bonchev–Trinajstić information content (AvgIpc) is 3.54. The van der Waals surface area contributed by atoms with Gasteiger partial charge in [0, 0.05) is 11.8 Å². The van der Waals surface area contributed by atoms with Crippen molar-refractivity contribution in [3.63, 3.8) is 0 Å². The van der Waals surface area contributed by atoms with Crippen LogP contribution in [0.5, 0.6) is 23.0 Å². The average molecular weight is 507 g/mol. The number of carbonyl (C=O) groups is 1. The van der Waals surface area contributed by atoms with Crippen LogP contribution < -0.4 is 29.8 Å². The van der Waals surface area contributed by atoms with Gasteiger partial charge in [0.25, 0.3) is 5.56 Å². The minimum Gasteiger partial charge on any atom is -0.454 e. The summed E-state index contributed by atoms with van der Waals surface area (Å²) in [6.45, 7) is 0.421. The quantitative estimate of drug-likeness (QED) is 0.311. The Balaban J connectivity index is 1.33. The lowest BCUT2D eigenvalue weighted by molar-refractivity contribution is -0.113. The fourth-order valence-corrected chi connectivity index (χ4v) is 4.72. The van der Waals surface area contributed by atoms with Gasteiger partial charge in [0.15, 0.2) is 28.2 Å². The molecule has 6 rings (SSSR count). The first-order valence-corrected chi connectivity index (χ1v) is 11.9. The van der Waals surface area contributed by atoms with E-state index >= 15 is 0 Å². The van der Waals surface area contributed by atoms with Gasteiger partial charge < -0.3 is 24.3 Å². The minimum atomic E-state index is -0.392. The predicted octanol–water partition coefficient (Wildman–Crippen LogP) is 3.77. The zero-order valence-electron chi connectivity index (χ0n) is 18.7. The van der Waals surface area contributed by atoms with E-state index in [0.717, 1.165) is 17.3 Å². The number of hydrogen-bond acceptors (Lipinski definition) is 8. The van der Waals surface area contributed by atoms with Crippen molar-refractivity contribution in [1.82, 2.24) is 9.55 Å². The number of thioether (sulfide) groups is 1. The van der Waals surface area contributed by atoms with Crippen LogP contribution in [0.4, 0.5) is 10.1 Å². The lowest BCUT2D eigenvalue weighted by atomic mass is 10.2. The number of nitrogens with zero attached hydrogens (tertiary/aromatic N) is 2. The molecule has 0 radical (unpaired) electrons. The Labute approximate surface area is 207 Å². The van der Waals surface area contributed by atoms with Crippen LogP contribution in [0.1, 0.15) is 5.56 Å². The Morgan fingerprint density at radius 3 is 2.42 bits per heavy atom. The van der Waals surface area contributed by atoms with Crippen LogP contribution in [-0.4, -0.2) is 34.8 Å². The van der Waals surface area contributed by atoms with Gasteiger partial charge in [-0.1, -0.05) is 17.8 Å². The number of rotatable bonds is 6. The Kier molecular flexibility index (Phi) is 5.61. The Bertz CT molecular complexity index is 1560. The van der Waals surface area contributed by atoms with Gasteiger partial charge >= 0.3 is 0 Å². The maximum absolute atomic E-state index is 13.6. The van der Waals surface area contributed by atoms with E-state index < -0.39 is 5.82 Å². The molecule has 0 saturated carbocycles. The third-order valence-corrected chi connectivity index (χ3v) is 6.63. The molecule has 2 aliphatic rings. The monoisotopic (exact) mass is 507 g/mol. The molecule has 1 aromatic heterocycles. The molecule has 36 heavy (non-hydrogen) atoms. The van der Waals surface area contributed by atoms with Crippen LogP contribution in [0.3, 0.4) is 0 Å². The number of halogens is 1. The standard InChI is InChI=1S/C25H18FN3O6S/c26-15-2-4-16(5-3-15)27-23(30)11-36-25-28-18-9-22-21(34-13-35-22)8-17(18)24(31)29(25)10-14-1-6-19-20(7-14)33-12-32-19/h1-9H,10-13H2,(H,27,30). The molecule has 3 heterocycles. The smallest absolute Gasteiger partial charge is 0.262 e. The molecule has 3 aromatic carbocycles. The highest BCUT2D eigenvalue weighted by molar-refractivity contribution is 7.99. The van der Waals surface area contributed by atoms with Gasteiger partial charge in [-0.3, -0.25) is 14.2 Å². The number of benzene rings is 3. The lowest BCUT2D eigenvalue weighted by Gasteiger charge is -2.14. The molecule has 182 valence electrons. The Hall–Kier alpha value is -4.25. The maximum atomic E-state index is 13.6. The Morgan fingerprint density at radius 2 is 1.64 bits per heavy atom. The third kappa shape index (κ3) is 4.29. The summed E-state index contributed by atoms with van der Waals surface area (Å²) in [5.41, 5.74) is 1.44. The first-order valence-electron chi connectivity index (χ1n) is 10.9. The van der Waals surface area contributed by atoms with Crippen molar-refractivity contribution < 1.29 is 28.1 Å². The first-order chi connectivity index (χ1) is 17.5. The van der Waals surface area contributed by atoms with Crippen LogP contribution in [0.25, 0.3) is 10.9 Å². The summed E-state index contributed by atoms with van der Waals surface area (Å²) in [6.07, 6.45) is 0. The summed E-state index contributed by atoms with van der Waals surface area (Å²) < 4.78 is 36.4. The number of fused-ring (bicyclic) bond motifs is 3. The van der Waals surface area contributed by atoms with Crippen molar-refractivity contribution in [1.29, 1.82) is 0 Å². The Morgan fingerprint density at radius 1 is 0.944 bits per heavy atom. The van der Waals surface area contributed by atoms with Crippen molar-refractivity contribution in [2.75, 3.05) is 24.7 Å². The van der Waals surface area contributed by atoms with Gasteiger partial charge in [0.2, 0.25) is 19.5 Å². The van der Waals surface area contributed by atoms with E-state index in [4.69, 9.17) is 18.9 Å². The molecule has 0 unspecified atom stereocenters. The number of ether oxygens (including phenoxy) is 4. The summed E-state index contributed by atoms with van der Waals surface area (Å²) in [5, 5.41) is 3.45. The maximum Gasteiger partial charge on any atom is 0.262 e. The molecule has 0 aliphatic carbocycles. The second-order valence-corrected chi connectivity index (χ2v) is 8.98. The van der Waals surface area contributed by atoms with Crippen LogP contribution in [0, 0.1) is 5.82 Å². The van der Waals surface area contributed by atoms with Gasteiger partial charge in [0.05, 0.1) is 23.2 Å². The number of carbonyl (C=O) groups excluding carboxylic acids is 1. The molecule has 9 nitrogen and oxygen atoms in total. The van der Waals surface area contributed by atoms with Gasteiger partial charge in [-0.2, -0.15) is 0 Å². The van der Waals surface area contributed by atoms with Crippen LogP contribution in [0.2, 0.25) is 0 Å². The fraction of sp³-hybridized carbons (Fsp3) is 0.160. The topological polar surface area (TPSA) is 101 Å². The number of hydrogen-bond donors (Lipinski definition) is 1. The van der Waals surface area contributed by atoms with E-state index in [-0.39, 0.29) is 37.3 Å². The number of aromatic nitrogens is 2. The molecular formula is C25H18FN3O6S. The van der Waals surface area contributed by atoms with Crippen molar-refractivity contribution in [3.05, 3.63) is 76.3 Å². The molecule has 0 atom stereocenters. The molecule has 1 N–H and O–H groups in total. The SMILES string of the molecule is O=C(CSc1nc2cc3c(cc2c(=O)n1Cc1ccc2c(c1)OCO2)OCO3)Nc1ccc(F)cc1. The zero-order valence-corrected chi connectivity index (χ0v) is 19.5. The molecule has 0 fully saturated rings. The molecule has 1 amide bonds. The molecule has 0 bridgehead atoms. The van der Waals surface area contributed by atoms with Crippen molar-refractivity contribution in [3.8, 4) is 23.0 Å². The third-order valence-electron chi connectivity index (χ3n) is 5.65. The van der Waals surface area contributed by atoms with Gasteiger partial charge in [-0.05, 0) is 48.0 Å². The molecule has 11 heteroatoms. The summed E-state index contributed by atoms with van der Waals surface area (Å²) in [7, 11) is 0. The molecule has 0 saturated heterocycles. The number of nitrogens with one attached hydrogen (secondary N) is 1. The van der Waals surface area contributed by atoms with Crippen molar-refractivity contribution in [2.45, 2.75) is 11.7 Å². The number of anilines is 1. The van der Waals surface area contributed by atoms with Gasteiger partial charge in [0.1, 0.15) is 5.82 Å². The molecule has 2 aliphatic heterocycles. The van der Waals surface area contributed by atoms with Crippen LogP contribution >= 0.6 is 11.8 Å². The van der Waals surface area contributed by atoms with E-state index in [1.54, 1.807) is 18.2 Å². The fourth-order valence-electron chi connectivity index (χ4n) is 3.92.